The summed E-state index contributed by atoms with van der Waals surface area (Å²) in [6.45, 7) is 1.52. The minimum atomic E-state index is -0.671. The van der Waals surface area contributed by atoms with Gasteiger partial charge in [0.05, 0.1) is 6.10 Å². The molecule has 1 aliphatic rings. The van der Waals surface area contributed by atoms with Gasteiger partial charge in [0.15, 0.2) is 0 Å². The summed E-state index contributed by atoms with van der Waals surface area (Å²) in [4.78, 5) is 0. The van der Waals surface area contributed by atoms with Crippen LogP contribution in [-0.4, -0.2) is 29.9 Å². The number of rotatable bonds is 6. The topological polar surface area (TPSA) is 52.5 Å². The van der Waals surface area contributed by atoms with Crippen molar-refractivity contribution >= 4 is 23.2 Å². The van der Waals surface area contributed by atoms with E-state index in [1.54, 1.807) is 18.2 Å². The smallest absolute Gasteiger partial charge is 0.0929 e. The molecule has 0 aliphatic heterocycles. The Morgan fingerprint density at radius 3 is 2.75 bits per heavy atom. The van der Waals surface area contributed by atoms with Crippen molar-refractivity contribution in [1.29, 1.82) is 0 Å². The molecule has 1 aromatic carbocycles. The van der Waals surface area contributed by atoms with Crippen LogP contribution in [0.15, 0.2) is 18.2 Å². The fourth-order valence-corrected chi connectivity index (χ4v) is 3.33. The monoisotopic (exact) mass is 317 g/mol. The highest BCUT2D eigenvalue weighted by molar-refractivity contribution is 6.33. The Hall–Kier alpha value is -0.320. The number of nitrogens with one attached hydrogen (secondary N) is 1. The molecule has 3 N–H and O–H groups in total. The molecule has 3 nitrogen and oxygen atoms in total. The molecule has 20 heavy (non-hydrogen) atoms. The van der Waals surface area contributed by atoms with Crippen molar-refractivity contribution < 1.29 is 10.2 Å². The Morgan fingerprint density at radius 1 is 1.25 bits per heavy atom. The molecule has 0 heterocycles. The molecular formula is C15H21Cl2NO2. The van der Waals surface area contributed by atoms with Gasteiger partial charge in [-0.25, -0.2) is 0 Å². The highest BCUT2D eigenvalue weighted by Gasteiger charge is 2.26. The normalized spacial score (nSPS) is 24.0. The van der Waals surface area contributed by atoms with Crippen molar-refractivity contribution in [2.75, 3.05) is 19.7 Å². The lowest BCUT2D eigenvalue weighted by molar-refractivity contribution is 0.163. The third-order valence-corrected chi connectivity index (χ3v) is 4.69. The van der Waals surface area contributed by atoms with Crippen LogP contribution >= 0.6 is 23.2 Å². The molecular weight excluding hydrogens is 297 g/mol. The average molecular weight is 318 g/mol. The molecule has 5 heteroatoms. The third kappa shape index (κ3) is 4.09. The highest BCUT2D eigenvalue weighted by atomic mass is 35.5. The van der Waals surface area contributed by atoms with Gasteiger partial charge in [-0.3, -0.25) is 0 Å². The molecule has 0 bridgehead atoms. The fourth-order valence-electron chi connectivity index (χ4n) is 2.91. The van der Waals surface area contributed by atoms with Crippen molar-refractivity contribution in [1.82, 2.24) is 5.32 Å². The van der Waals surface area contributed by atoms with Gasteiger partial charge in [-0.2, -0.15) is 0 Å². The van der Waals surface area contributed by atoms with Crippen molar-refractivity contribution in [3.05, 3.63) is 33.8 Å². The van der Waals surface area contributed by atoms with Gasteiger partial charge in [0.25, 0.3) is 0 Å². The molecule has 1 aromatic rings. The predicted octanol–water partition coefficient (Wildman–Crippen LogP) is 3.03. The summed E-state index contributed by atoms with van der Waals surface area (Å²) in [6, 6.07) is 5.10. The van der Waals surface area contributed by atoms with E-state index in [9.17, 15) is 10.2 Å². The van der Waals surface area contributed by atoms with E-state index in [-0.39, 0.29) is 6.61 Å². The Bertz CT molecular complexity index is 442. The Morgan fingerprint density at radius 2 is 2.00 bits per heavy atom. The summed E-state index contributed by atoms with van der Waals surface area (Å²) in [5, 5.41) is 23.8. The highest BCUT2D eigenvalue weighted by Crippen LogP contribution is 2.31. The maximum atomic E-state index is 10.2. The van der Waals surface area contributed by atoms with Crippen LogP contribution in [0.3, 0.4) is 0 Å². The van der Waals surface area contributed by atoms with Gasteiger partial charge in [0.2, 0.25) is 0 Å². The quantitative estimate of drug-likeness (QED) is 0.756. The minimum Gasteiger partial charge on any atom is -0.396 e. The molecule has 1 fully saturated rings. The van der Waals surface area contributed by atoms with Crippen LogP contribution in [0.1, 0.15) is 30.9 Å². The predicted molar refractivity (Wildman–Crippen MR) is 82.2 cm³/mol. The SMILES string of the molecule is OCC1CCCC1CNCC(O)c1cc(Cl)ccc1Cl. The first-order chi connectivity index (χ1) is 9.61. The van der Waals surface area contributed by atoms with E-state index in [1.165, 1.54) is 6.42 Å². The average Bonchev–Trinajstić information content (AvgIpc) is 2.89. The van der Waals surface area contributed by atoms with Crippen LogP contribution in [0.2, 0.25) is 10.0 Å². The molecule has 2 rings (SSSR count). The number of halogens is 2. The van der Waals surface area contributed by atoms with Crippen LogP contribution in [0.5, 0.6) is 0 Å². The van der Waals surface area contributed by atoms with Crippen molar-refractivity contribution in [2.24, 2.45) is 11.8 Å². The van der Waals surface area contributed by atoms with E-state index in [0.29, 0.717) is 34.0 Å². The molecule has 0 radical (unpaired) electrons. The molecule has 1 aliphatic carbocycles. The van der Waals surface area contributed by atoms with Crippen LogP contribution in [0.25, 0.3) is 0 Å². The van der Waals surface area contributed by atoms with E-state index >= 15 is 0 Å². The summed E-state index contributed by atoms with van der Waals surface area (Å²) in [7, 11) is 0. The van der Waals surface area contributed by atoms with Gasteiger partial charge in [-0.1, -0.05) is 29.6 Å². The Balaban J connectivity index is 1.83. The Labute approximate surface area is 129 Å². The second kappa shape index (κ2) is 7.62. The molecule has 0 saturated heterocycles. The minimum absolute atomic E-state index is 0.259. The lowest BCUT2D eigenvalue weighted by Crippen LogP contribution is -2.30. The van der Waals surface area contributed by atoms with Crippen molar-refractivity contribution in [3.63, 3.8) is 0 Å². The zero-order valence-electron chi connectivity index (χ0n) is 11.4. The van der Waals surface area contributed by atoms with Gasteiger partial charge in [-0.15, -0.1) is 0 Å². The number of aliphatic hydroxyl groups is 2. The van der Waals surface area contributed by atoms with Crippen molar-refractivity contribution in [2.45, 2.75) is 25.4 Å². The molecule has 0 aromatic heterocycles. The third-order valence-electron chi connectivity index (χ3n) is 4.11. The molecule has 0 spiro atoms. The number of benzene rings is 1. The van der Waals surface area contributed by atoms with E-state index < -0.39 is 6.10 Å². The van der Waals surface area contributed by atoms with Gasteiger partial charge < -0.3 is 15.5 Å². The fraction of sp³-hybridized carbons (Fsp3) is 0.600. The van der Waals surface area contributed by atoms with Gasteiger partial charge in [0.1, 0.15) is 0 Å². The van der Waals surface area contributed by atoms with E-state index in [0.717, 1.165) is 19.4 Å². The molecule has 3 atom stereocenters. The van der Waals surface area contributed by atoms with Crippen LogP contribution in [-0.2, 0) is 0 Å². The number of hydrogen-bond acceptors (Lipinski definition) is 3. The molecule has 3 unspecified atom stereocenters. The summed E-state index contributed by atoms with van der Waals surface area (Å²) >= 11 is 12.0. The zero-order chi connectivity index (χ0) is 14.5. The summed E-state index contributed by atoms with van der Waals surface area (Å²) in [5.74, 6) is 0.899. The molecule has 112 valence electrons. The summed E-state index contributed by atoms with van der Waals surface area (Å²) < 4.78 is 0. The van der Waals surface area contributed by atoms with Gasteiger partial charge in [-0.05, 0) is 49.4 Å². The summed E-state index contributed by atoms with van der Waals surface area (Å²) in [5.41, 5.74) is 0.650. The maximum Gasteiger partial charge on any atom is 0.0929 e. The van der Waals surface area contributed by atoms with Crippen LogP contribution in [0.4, 0.5) is 0 Å². The second-order valence-corrected chi connectivity index (χ2v) is 6.32. The van der Waals surface area contributed by atoms with Gasteiger partial charge >= 0.3 is 0 Å². The molecule has 1 saturated carbocycles. The van der Waals surface area contributed by atoms with E-state index in [4.69, 9.17) is 23.2 Å². The van der Waals surface area contributed by atoms with Gasteiger partial charge in [0, 0.05) is 28.8 Å². The lowest BCUT2D eigenvalue weighted by Gasteiger charge is -2.20. The lowest BCUT2D eigenvalue weighted by atomic mass is 9.97. The maximum absolute atomic E-state index is 10.2. The second-order valence-electron chi connectivity index (χ2n) is 5.47. The standard InChI is InChI=1S/C15H21Cl2NO2/c16-12-4-5-14(17)13(6-12)15(20)8-18-7-10-2-1-3-11(10)9-19/h4-6,10-11,15,18-20H,1-3,7-9H2. The van der Waals surface area contributed by atoms with Crippen LogP contribution < -0.4 is 5.32 Å². The first-order valence-electron chi connectivity index (χ1n) is 7.06. The first-order valence-corrected chi connectivity index (χ1v) is 7.82. The first kappa shape index (κ1) is 16.1. The van der Waals surface area contributed by atoms with Crippen LogP contribution in [0, 0.1) is 11.8 Å². The van der Waals surface area contributed by atoms with E-state index in [1.807, 2.05) is 0 Å². The molecule has 0 amide bonds. The van der Waals surface area contributed by atoms with E-state index in [2.05, 4.69) is 5.32 Å². The Kier molecular flexibility index (Phi) is 6.12. The summed E-state index contributed by atoms with van der Waals surface area (Å²) in [6.07, 6.45) is 2.76. The number of aliphatic hydroxyl groups excluding tert-OH is 2. The zero-order valence-corrected chi connectivity index (χ0v) is 12.9. The number of hydrogen-bond donors (Lipinski definition) is 3. The largest absolute Gasteiger partial charge is 0.396 e. The van der Waals surface area contributed by atoms with Crippen molar-refractivity contribution in [3.8, 4) is 0 Å².